The Balaban J connectivity index is 1.79. The fourth-order valence-electron chi connectivity index (χ4n) is 2.60. The summed E-state index contributed by atoms with van der Waals surface area (Å²) < 4.78 is 6.56. The van der Waals surface area contributed by atoms with Crippen LogP contribution in [0.25, 0.3) is 11.6 Å². The van der Waals surface area contributed by atoms with Gasteiger partial charge in [-0.3, -0.25) is 10.1 Å². The van der Waals surface area contributed by atoms with Crippen molar-refractivity contribution >= 4 is 44.9 Å². The minimum Gasteiger partial charge on any atom is -0.488 e. The molecule has 0 saturated heterocycles. The van der Waals surface area contributed by atoms with Crippen LogP contribution in [0.5, 0.6) is 5.75 Å². The van der Waals surface area contributed by atoms with Crippen LogP contribution in [0.1, 0.15) is 16.7 Å². The zero-order chi connectivity index (χ0) is 20.8. The molecule has 0 aliphatic rings. The third-order valence-electron chi connectivity index (χ3n) is 4.06. The Morgan fingerprint density at radius 1 is 1.17 bits per heavy atom. The summed E-state index contributed by atoms with van der Waals surface area (Å²) in [6.45, 7) is 0.391. The van der Waals surface area contributed by atoms with Gasteiger partial charge in [0.05, 0.1) is 21.0 Å². The van der Waals surface area contributed by atoms with E-state index in [1.54, 1.807) is 36.4 Å². The van der Waals surface area contributed by atoms with E-state index in [4.69, 9.17) is 16.3 Å². The molecule has 3 aromatic carbocycles. The maximum absolute atomic E-state index is 11.0. The quantitative estimate of drug-likeness (QED) is 0.175. The lowest BCUT2D eigenvalue weighted by Gasteiger charge is -2.09. The molecular weight excluding hydrogens is 456 g/mol. The lowest BCUT2D eigenvalue weighted by atomic mass is 10.0. The van der Waals surface area contributed by atoms with Crippen LogP contribution in [0.4, 0.5) is 5.69 Å². The van der Waals surface area contributed by atoms with Gasteiger partial charge >= 0.3 is 0 Å². The van der Waals surface area contributed by atoms with Gasteiger partial charge in [-0.1, -0.05) is 41.9 Å². The SMILES string of the molecule is N#C/C(=C/c1ccc(OCc2ccc(Cl)cc2)c(Br)c1)c1cccc([N+](=O)[O-])c1. The molecule has 0 atom stereocenters. The van der Waals surface area contributed by atoms with E-state index in [1.807, 2.05) is 24.3 Å². The summed E-state index contributed by atoms with van der Waals surface area (Å²) in [4.78, 5) is 10.5. The molecular formula is C22H14BrClN2O3. The van der Waals surface area contributed by atoms with E-state index >= 15 is 0 Å². The molecule has 0 heterocycles. The smallest absolute Gasteiger partial charge is 0.270 e. The number of hydrogen-bond donors (Lipinski definition) is 0. The first kappa shape index (κ1) is 20.6. The van der Waals surface area contributed by atoms with E-state index < -0.39 is 4.92 Å². The van der Waals surface area contributed by atoms with Gasteiger partial charge in [0.2, 0.25) is 0 Å². The Morgan fingerprint density at radius 2 is 1.93 bits per heavy atom. The average molecular weight is 470 g/mol. The fourth-order valence-corrected chi connectivity index (χ4v) is 3.24. The number of nitro groups is 1. The van der Waals surface area contributed by atoms with Crippen molar-refractivity contribution in [2.45, 2.75) is 6.61 Å². The molecule has 144 valence electrons. The average Bonchev–Trinajstić information content (AvgIpc) is 2.72. The minimum absolute atomic E-state index is 0.0595. The number of nitro benzene ring substituents is 1. The molecule has 0 bridgehead atoms. The van der Waals surface area contributed by atoms with E-state index in [0.29, 0.717) is 28.5 Å². The first-order valence-electron chi connectivity index (χ1n) is 8.49. The number of nitrogens with zero attached hydrogens (tertiary/aromatic N) is 2. The molecule has 0 aliphatic heterocycles. The van der Waals surface area contributed by atoms with Crippen LogP contribution in [0.2, 0.25) is 5.02 Å². The summed E-state index contributed by atoms with van der Waals surface area (Å²) in [6, 6.07) is 20.9. The Hall–Kier alpha value is -3.14. The van der Waals surface area contributed by atoms with Crippen molar-refractivity contribution in [1.29, 1.82) is 5.26 Å². The van der Waals surface area contributed by atoms with E-state index in [2.05, 4.69) is 22.0 Å². The van der Waals surface area contributed by atoms with Crippen LogP contribution in [0.3, 0.4) is 0 Å². The zero-order valence-electron chi connectivity index (χ0n) is 15.0. The summed E-state index contributed by atoms with van der Waals surface area (Å²) >= 11 is 9.37. The van der Waals surface area contributed by atoms with Crippen LogP contribution < -0.4 is 4.74 Å². The molecule has 0 fully saturated rings. The molecule has 3 aromatic rings. The van der Waals surface area contributed by atoms with Crippen molar-refractivity contribution < 1.29 is 9.66 Å². The number of benzene rings is 3. The van der Waals surface area contributed by atoms with E-state index in [0.717, 1.165) is 15.6 Å². The van der Waals surface area contributed by atoms with Gasteiger partial charge in [0.1, 0.15) is 12.4 Å². The fraction of sp³-hybridized carbons (Fsp3) is 0.0455. The van der Waals surface area contributed by atoms with Crippen LogP contribution in [-0.2, 0) is 6.61 Å². The Kier molecular flexibility index (Phi) is 6.65. The highest BCUT2D eigenvalue weighted by molar-refractivity contribution is 9.10. The van der Waals surface area contributed by atoms with Crippen LogP contribution in [0, 0.1) is 21.4 Å². The summed E-state index contributed by atoms with van der Waals surface area (Å²) in [7, 11) is 0. The zero-order valence-corrected chi connectivity index (χ0v) is 17.4. The highest BCUT2D eigenvalue weighted by atomic mass is 79.9. The minimum atomic E-state index is -0.484. The number of hydrogen-bond acceptors (Lipinski definition) is 4. The molecule has 0 spiro atoms. The van der Waals surface area contributed by atoms with Gasteiger partial charge in [-0.15, -0.1) is 0 Å². The lowest BCUT2D eigenvalue weighted by Crippen LogP contribution is -1.96. The maximum atomic E-state index is 11.0. The number of nitriles is 1. The van der Waals surface area contributed by atoms with Crippen molar-refractivity contribution in [2.24, 2.45) is 0 Å². The number of non-ortho nitro benzene ring substituents is 1. The third-order valence-corrected chi connectivity index (χ3v) is 4.93. The molecule has 5 nitrogen and oxygen atoms in total. The van der Waals surface area contributed by atoms with Crippen molar-refractivity contribution in [2.75, 3.05) is 0 Å². The number of allylic oxidation sites excluding steroid dienone is 1. The summed E-state index contributed by atoms with van der Waals surface area (Å²) in [5.41, 5.74) is 2.51. The molecule has 0 N–H and O–H groups in total. The predicted molar refractivity (Wildman–Crippen MR) is 117 cm³/mol. The van der Waals surface area contributed by atoms with Gasteiger partial charge in [0.25, 0.3) is 5.69 Å². The van der Waals surface area contributed by atoms with Crippen LogP contribution >= 0.6 is 27.5 Å². The second kappa shape index (κ2) is 9.37. The standard InChI is InChI=1S/C22H14BrClN2O3/c23-21-11-16(6-9-22(21)29-14-15-4-7-19(24)8-5-15)10-18(13-25)17-2-1-3-20(12-17)26(27)28/h1-12H,14H2/b18-10-. The first-order valence-corrected chi connectivity index (χ1v) is 9.67. The summed E-state index contributed by atoms with van der Waals surface area (Å²) in [6.07, 6.45) is 1.67. The third kappa shape index (κ3) is 5.44. The highest BCUT2D eigenvalue weighted by Crippen LogP contribution is 2.29. The summed E-state index contributed by atoms with van der Waals surface area (Å²) in [5, 5.41) is 21.1. The van der Waals surface area contributed by atoms with Crippen molar-refractivity contribution in [3.8, 4) is 11.8 Å². The lowest BCUT2D eigenvalue weighted by molar-refractivity contribution is -0.384. The van der Waals surface area contributed by atoms with Crippen LogP contribution in [0.15, 0.2) is 71.2 Å². The normalized spacial score (nSPS) is 11.0. The second-order valence-corrected chi connectivity index (χ2v) is 7.37. The molecule has 3 rings (SSSR count). The van der Waals surface area contributed by atoms with Gasteiger partial charge in [-0.05, 0) is 63.0 Å². The topological polar surface area (TPSA) is 76.2 Å². The predicted octanol–water partition coefficient (Wildman–Crippen LogP) is 6.65. The molecule has 0 aliphatic carbocycles. The van der Waals surface area contributed by atoms with Crippen molar-refractivity contribution in [1.82, 2.24) is 0 Å². The number of ether oxygens (including phenoxy) is 1. The first-order chi connectivity index (χ1) is 14.0. The Labute approximate surface area is 181 Å². The Morgan fingerprint density at radius 3 is 2.59 bits per heavy atom. The van der Waals surface area contributed by atoms with Crippen molar-refractivity contribution in [3.05, 3.63) is 103 Å². The monoisotopic (exact) mass is 468 g/mol. The van der Waals surface area contributed by atoms with Gasteiger partial charge < -0.3 is 4.74 Å². The molecule has 0 radical (unpaired) electrons. The van der Waals surface area contributed by atoms with Gasteiger partial charge in [0.15, 0.2) is 0 Å². The largest absolute Gasteiger partial charge is 0.488 e. The van der Waals surface area contributed by atoms with Crippen molar-refractivity contribution in [3.63, 3.8) is 0 Å². The van der Waals surface area contributed by atoms with Crippen LogP contribution in [-0.4, -0.2) is 4.92 Å². The molecule has 0 aromatic heterocycles. The van der Waals surface area contributed by atoms with E-state index in [1.165, 1.54) is 12.1 Å². The van der Waals surface area contributed by atoms with E-state index in [9.17, 15) is 15.4 Å². The molecule has 0 amide bonds. The Bertz CT molecular complexity index is 1120. The highest BCUT2D eigenvalue weighted by Gasteiger charge is 2.10. The number of rotatable bonds is 6. The van der Waals surface area contributed by atoms with E-state index in [-0.39, 0.29) is 5.69 Å². The molecule has 7 heteroatoms. The van der Waals surface area contributed by atoms with Gasteiger partial charge in [-0.25, -0.2) is 0 Å². The molecule has 0 unspecified atom stereocenters. The number of halogens is 2. The van der Waals surface area contributed by atoms with Gasteiger partial charge in [-0.2, -0.15) is 5.26 Å². The maximum Gasteiger partial charge on any atom is 0.270 e. The second-order valence-electron chi connectivity index (χ2n) is 6.08. The molecule has 0 saturated carbocycles. The van der Waals surface area contributed by atoms with Gasteiger partial charge in [0, 0.05) is 17.2 Å². The molecule has 29 heavy (non-hydrogen) atoms. The summed E-state index contributed by atoms with van der Waals surface area (Å²) in [5.74, 6) is 0.658.